The molecule has 4 fully saturated rings. The number of carbonyl (C=O) groups is 2. The second kappa shape index (κ2) is 5.40. The van der Waals surface area contributed by atoms with Crippen molar-refractivity contribution in [3.05, 3.63) is 11.8 Å². The Hall–Kier alpha value is -1.72. The first kappa shape index (κ1) is 16.5. The molecular formula is C20H28N2O4. The van der Waals surface area contributed by atoms with Gasteiger partial charge >= 0.3 is 12.2 Å². The van der Waals surface area contributed by atoms with Gasteiger partial charge in [-0.2, -0.15) is 0 Å². The summed E-state index contributed by atoms with van der Waals surface area (Å²) in [6, 6.07) is 0. The smallest absolute Gasteiger partial charge is 0.415 e. The van der Waals surface area contributed by atoms with E-state index >= 15 is 0 Å². The normalized spacial score (nSPS) is 34.9. The number of fused-ring (bicyclic) bond motifs is 4. The van der Waals surface area contributed by atoms with Crippen LogP contribution in [-0.4, -0.2) is 51.8 Å². The van der Waals surface area contributed by atoms with Gasteiger partial charge < -0.3 is 9.47 Å². The first-order valence-electron chi connectivity index (χ1n) is 10.2. The van der Waals surface area contributed by atoms with Gasteiger partial charge in [-0.1, -0.05) is 12.8 Å². The van der Waals surface area contributed by atoms with Gasteiger partial charge in [-0.25, -0.2) is 9.59 Å². The molecule has 2 saturated carbocycles. The van der Waals surface area contributed by atoms with Crippen LogP contribution in [0.2, 0.25) is 0 Å². The summed E-state index contributed by atoms with van der Waals surface area (Å²) in [5.41, 5.74) is -0.467. The van der Waals surface area contributed by atoms with Crippen molar-refractivity contribution in [1.82, 2.24) is 9.80 Å². The van der Waals surface area contributed by atoms with Crippen molar-refractivity contribution in [3.63, 3.8) is 0 Å². The average molecular weight is 360 g/mol. The van der Waals surface area contributed by atoms with E-state index in [2.05, 4.69) is 13.0 Å². The predicted molar refractivity (Wildman–Crippen MR) is 94.5 cm³/mol. The molecule has 0 aromatic heterocycles. The van der Waals surface area contributed by atoms with Crippen molar-refractivity contribution in [2.75, 3.05) is 13.1 Å². The van der Waals surface area contributed by atoms with E-state index in [1.165, 1.54) is 12.8 Å². The van der Waals surface area contributed by atoms with Gasteiger partial charge in [-0.05, 0) is 64.4 Å². The third kappa shape index (κ3) is 1.99. The van der Waals surface area contributed by atoms with Crippen LogP contribution in [0.3, 0.4) is 0 Å². The minimum Gasteiger partial charge on any atom is -0.440 e. The molecule has 3 aliphatic heterocycles. The second-order valence-electron chi connectivity index (χ2n) is 8.83. The van der Waals surface area contributed by atoms with E-state index in [1.807, 2.05) is 4.90 Å². The molecule has 6 heteroatoms. The van der Waals surface area contributed by atoms with Gasteiger partial charge in [0, 0.05) is 13.1 Å². The fourth-order valence-electron chi connectivity index (χ4n) is 6.01. The summed E-state index contributed by atoms with van der Waals surface area (Å²) in [6.45, 7) is 3.13. The number of nitrogens with zero attached hydrogens (tertiary/aromatic N) is 2. The molecule has 0 unspecified atom stereocenters. The number of hydrogen-bond acceptors (Lipinski definition) is 4. The molecule has 26 heavy (non-hydrogen) atoms. The lowest BCUT2D eigenvalue weighted by molar-refractivity contribution is -0.0198. The molecule has 2 spiro atoms. The third-order valence-corrected chi connectivity index (χ3v) is 7.53. The maximum atomic E-state index is 12.7. The molecule has 1 atom stereocenters. The van der Waals surface area contributed by atoms with Crippen LogP contribution in [0.5, 0.6) is 0 Å². The van der Waals surface area contributed by atoms with E-state index in [0.717, 1.165) is 57.1 Å². The van der Waals surface area contributed by atoms with Crippen LogP contribution in [-0.2, 0) is 9.47 Å². The highest BCUT2D eigenvalue weighted by Crippen LogP contribution is 2.53. The molecule has 5 aliphatic rings. The Labute approximate surface area is 154 Å². The molecule has 2 saturated heterocycles. The summed E-state index contributed by atoms with van der Waals surface area (Å²) < 4.78 is 12.0. The molecule has 2 aliphatic carbocycles. The molecule has 0 aromatic rings. The van der Waals surface area contributed by atoms with E-state index in [4.69, 9.17) is 9.47 Å². The first-order chi connectivity index (χ1) is 12.5. The molecule has 2 amide bonds. The summed E-state index contributed by atoms with van der Waals surface area (Å²) in [7, 11) is 0. The minimum atomic E-state index is -0.507. The van der Waals surface area contributed by atoms with Gasteiger partial charge in [0.25, 0.3) is 0 Å². The molecule has 5 rings (SSSR count). The summed E-state index contributed by atoms with van der Waals surface area (Å²) in [5, 5.41) is 0. The van der Waals surface area contributed by atoms with Crippen molar-refractivity contribution in [1.29, 1.82) is 0 Å². The molecule has 0 N–H and O–H groups in total. The van der Waals surface area contributed by atoms with Crippen molar-refractivity contribution in [2.45, 2.75) is 87.9 Å². The molecule has 0 radical (unpaired) electrons. The van der Waals surface area contributed by atoms with Crippen molar-refractivity contribution < 1.29 is 19.1 Å². The number of rotatable bonds is 0. The van der Waals surface area contributed by atoms with Crippen LogP contribution < -0.4 is 0 Å². The topological polar surface area (TPSA) is 59.1 Å². The van der Waals surface area contributed by atoms with Crippen molar-refractivity contribution in [3.8, 4) is 0 Å². The number of hydrogen-bond donors (Lipinski definition) is 0. The largest absolute Gasteiger partial charge is 0.440 e. The zero-order chi connectivity index (χ0) is 18.0. The lowest BCUT2D eigenvalue weighted by Crippen LogP contribution is -2.56. The van der Waals surface area contributed by atoms with Crippen LogP contribution >= 0.6 is 0 Å². The maximum Gasteiger partial charge on any atom is 0.415 e. The Morgan fingerprint density at radius 1 is 0.846 bits per heavy atom. The Kier molecular flexibility index (Phi) is 3.41. The maximum absolute atomic E-state index is 12.7. The van der Waals surface area contributed by atoms with Crippen molar-refractivity contribution >= 4 is 12.2 Å². The molecule has 0 aromatic carbocycles. The van der Waals surface area contributed by atoms with E-state index < -0.39 is 16.7 Å². The molecule has 3 heterocycles. The quantitative estimate of drug-likeness (QED) is 0.656. The number of carbonyl (C=O) groups excluding carboxylic acids is 2. The standard InChI is InChI=1S/C20H28N2O4/c1-18-14-15-19(8-4-2-5-9-19)25-16(23)21(15)12-13-22(18)17(24)26-20(18)10-6-3-7-11-20/h14H,2-13H2,1H3/t18-/m1/s1. The van der Waals surface area contributed by atoms with Gasteiger partial charge in [0.05, 0.1) is 5.70 Å². The summed E-state index contributed by atoms with van der Waals surface area (Å²) >= 11 is 0. The van der Waals surface area contributed by atoms with Crippen LogP contribution in [0.4, 0.5) is 9.59 Å². The molecule has 6 nitrogen and oxygen atoms in total. The predicted octanol–water partition coefficient (Wildman–Crippen LogP) is 3.95. The SMILES string of the molecule is C[C@]12C=C3N(CCN1C(=O)OC21CCCCC1)C(=O)OC31CCCCC1. The summed E-state index contributed by atoms with van der Waals surface area (Å²) in [4.78, 5) is 29.0. The monoisotopic (exact) mass is 360 g/mol. The van der Waals surface area contributed by atoms with Crippen LogP contribution in [0, 0.1) is 0 Å². The highest BCUT2D eigenvalue weighted by atomic mass is 16.6. The Bertz CT molecular complexity index is 675. The third-order valence-electron chi connectivity index (χ3n) is 7.53. The minimum absolute atomic E-state index is 0.224. The average Bonchev–Trinajstić information content (AvgIpc) is 2.89. The second-order valence-corrected chi connectivity index (χ2v) is 8.83. The van der Waals surface area contributed by atoms with Crippen LogP contribution in [0.15, 0.2) is 11.8 Å². The zero-order valence-electron chi connectivity index (χ0n) is 15.6. The molecule has 142 valence electrons. The van der Waals surface area contributed by atoms with Gasteiger partial charge in [0.1, 0.15) is 11.1 Å². The van der Waals surface area contributed by atoms with E-state index in [-0.39, 0.29) is 12.2 Å². The van der Waals surface area contributed by atoms with Crippen LogP contribution in [0.1, 0.15) is 71.1 Å². The molecule has 0 bridgehead atoms. The lowest BCUT2D eigenvalue weighted by atomic mass is 9.70. The fraction of sp³-hybridized carbons (Fsp3) is 0.800. The lowest BCUT2D eigenvalue weighted by Gasteiger charge is -2.44. The van der Waals surface area contributed by atoms with Crippen molar-refractivity contribution in [2.24, 2.45) is 0 Å². The molecular weight excluding hydrogens is 332 g/mol. The summed E-state index contributed by atoms with van der Waals surface area (Å²) in [5.74, 6) is 0. The van der Waals surface area contributed by atoms with Gasteiger partial charge in [0.2, 0.25) is 0 Å². The first-order valence-corrected chi connectivity index (χ1v) is 10.2. The van der Waals surface area contributed by atoms with E-state index in [1.54, 1.807) is 4.90 Å². The number of ether oxygens (including phenoxy) is 2. The van der Waals surface area contributed by atoms with E-state index in [0.29, 0.717) is 13.1 Å². The highest BCUT2D eigenvalue weighted by Gasteiger charge is 2.64. The van der Waals surface area contributed by atoms with Crippen LogP contribution in [0.25, 0.3) is 0 Å². The van der Waals surface area contributed by atoms with Gasteiger partial charge in [-0.15, -0.1) is 0 Å². The highest BCUT2D eigenvalue weighted by molar-refractivity contribution is 5.78. The summed E-state index contributed by atoms with van der Waals surface area (Å²) in [6.07, 6.45) is 12.0. The van der Waals surface area contributed by atoms with Gasteiger partial charge in [-0.3, -0.25) is 9.80 Å². The Morgan fingerprint density at radius 2 is 1.50 bits per heavy atom. The number of amides is 2. The van der Waals surface area contributed by atoms with E-state index in [9.17, 15) is 9.59 Å². The Morgan fingerprint density at radius 3 is 2.19 bits per heavy atom. The zero-order valence-corrected chi connectivity index (χ0v) is 15.6. The Balaban J connectivity index is 1.64. The fourth-order valence-corrected chi connectivity index (χ4v) is 6.01. The van der Waals surface area contributed by atoms with Gasteiger partial charge in [0.15, 0.2) is 5.60 Å².